The van der Waals surface area contributed by atoms with E-state index in [-0.39, 0.29) is 0 Å². The highest BCUT2D eigenvalue weighted by atomic mass is 16.5. The van der Waals surface area contributed by atoms with Gasteiger partial charge in [0.2, 0.25) is 0 Å². The van der Waals surface area contributed by atoms with E-state index in [0.717, 1.165) is 37.2 Å². The first-order chi connectivity index (χ1) is 10.3. The van der Waals surface area contributed by atoms with Crippen molar-refractivity contribution in [2.75, 3.05) is 13.2 Å². The molecular formula is C19H31NO. The summed E-state index contributed by atoms with van der Waals surface area (Å²) < 4.78 is 5.59. The maximum atomic E-state index is 8.95. The summed E-state index contributed by atoms with van der Waals surface area (Å²) in [5, 5.41) is 8.95. The second-order valence-electron chi connectivity index (χ2n) is 7.14. The Labute approximate surface area is 130 Å². The van der Waals surface area contributed by atoms with Gasteiger partial charge in [-0.2, -0.15) is 5.26 Å². The van der Waals surface area contributed by atoms with Crippen molar-refractivity contribution in [1.82, 2.24) is 0 Å². The van der Waals surface area contributed by atoms with Gasteiger partial charge in [-0.3, -0.25) is 0 Å². The average molecular weight is 289 g/mol. The first-order valence-corrected chi connectivity index (χ1v) is 8.90. The molecule has 0 N–H and O–H groups in total. The zero-order chi connectivity index (χ0) is 14.9. The largest absolute Gasteiger partial charge is 0.377 e. The van der Waals surface area contributed by atoms with Gasteiger partial charge in [-0.25, -0.2) is 0 Å². The van der Waals surface area contributed by atoms with Crippen LogP contribution < -0.4 is 0 Å². The van der Waals surface area contributed by atoms with Crippen LogP contribution in [0.2, 0.25) is 0 Å². The minimum Gasteiger partial charge on any atom is -0.377 e. The van der Waals surface area contributed by atoms with Crippen molar-refractivity contribution in [2.45, 2.75) is 64.2 Å². The molecule has 0 spiro atoms. The van der Waals surface area contributed by atoms with Crippen molar-refractivity contribution in [2.24, 2.45) is 23.7 Å². The molecule has 2 aliphatic carbocycles. The lowest BCUT2D eigenvalue weighted by Crippen LogP contribution is -2.20. The summed E-state index contributed by atoms with van der Waals surface area (Å²) in [5.74, 6) is 3.00. The zero-order valence-electron chi connectivity index (χ0n) is 13.4. The predicted molar refractivity (Wildman–Crippen MR) is 86.8 cm³/mol. The second kappa shape index (κ2) is 9.26. The molecule has 2 saturated carbocycles. The highest BCUT2D eigenvalue weighted by Gasteiger charge is 2.24. The van der Waals surface area contributed by atoms with Crippen LogP contribution in [0.1, 0.15) is 64.2 Å². The van der Waals surface area contributed by atoms with Crippen molar-refractivity contribution < 1.29 is 4.74 Å². The molecule has 0 unspecified atom stereocenters. The molecule has 0 saturated heterocycles. The molecule has 0 heterocycles. The fourth-order valence-corrected chi connectivity index (χ4v) is 4.06. The summed E-state index contributed by atoms with van der Waals surface area (Å²) in [6.07, 6.45) is 15.0. The van der Waals surface area contributed by atoms with Crippen molar-refractivity contribution >= 4 is 0 Å². The summed E-state index contributed by atoms with van der Waals surface area (Å²) >= 11 is 0. The van der Waals surface area contributed by atoms with Gasteiger partial charge in [0.1, 0.15) is 0 Å². The van der Waals surface area contributed by atoms with Crippen LogP contribution in [-0.4, -0.2) is 13.2 Å². The van der Waals surface area contributed by atoms with Crippen molar-refractivity contribution in [3.05, 3.63) is 12.7 Å². The molecule has 0 aliphatic heterocycles. The van der Waals surface area contributed by atoms with Gasteiger partial charge in [-0.05, 0) is 56.3 Å². The third-order valence-corrected chi connectivity index (χ3v) is 5.57. The van der Waals surface area contributed by atoms with E-state index in [4.69, 9.17) is 10.00 Å². The Morgan fingerprint density at radius 1 is 0.905 bits per heavy atom. The van der Waals surface area contributed by atoms with Crippen LogP contribution in [0.5, 0.6) is 0 Å². The van der Waals surface area contributed by atoms with E-state index in [0.29, 0.717) is 12.5 Å². The molecule has 0 aromatic rings. The maximum Gasteiger partial charge on any atom is 0.0655 e. The summed E-state index contributed by atoms with van der Waals surface area (Å²) in [4.78, 5) is 0. The molecule has 0 aromatic carbocycles. The molecule has 2 nitrogen and oxygen atoms in total. The SMILES string of the molecule is C=CCOCC1CCC(CC[C@H]2CC[C@H](C#N)CC2)CC1. The molecule has 118 valence electrons. The lowest BCUT2D eigenvalue weighted by molar-refractivity contribution is 0.0937. The molecule has 2 aliphatic rings. The van der Waals surface area contributed by atoms with Crippen LogP contribution in [0.3, 0.4) is 0 Å². The summed E-state index contributed by atoms with van der Waals surface area (Å²) in [6.45, 7) is 5.32. The average Bonchev–Trinajstić information content (AvgIpc) is 2.55. The molecule has 0 bridgehead atoms. The van der Waals surface area contributed by atoms with E-state index in [2.05, 4.69) is 12.6 Å². The molecule has 0 atom stereocenters. The summed E-state index contributed by atoms with van der Waals surface area (Å²) in [7, 11) is 0. The van der Waals surface area contributed by atoms with Crippen molar-refractivity contribution in [1.29, 1.82) is 5.26 Å². The van der Waals surface area contributed by atoms with Crippen LogP contribution in [0, 0.1) is 35.0 Å². The van der Waals surface area contributed by atoms with Crippen LogP contribution in [0.25, 0.3) is 0 Å². The standard InChI is InChI=1S/C19H31NO/c1-2-13-21-15-19-11-7-17(8-12-19)4-3-16-5-9-18(14-20)10-6-16/h2,16-19H,1,3-13,15H2/t16-,17?,18-,19?. The van der Waals surface area contributed by atoms with E-state index >= 15 is 0 Å². The Hall–Kier alpha value is -0.810. The van der Waals surface area contributed by atoms with Gasteiger partial charge in [-0.1, -0.05) is 31.8 Å². The predicted octanol–water partition coefficient (Wildman–Crippen LogP) is 5.11. The minimum absolute atomic E-state index is 0.354. The first kappa shape index (κ1) is 16.6. The zero-order valence-corrected chi connectivity index (χ0v) is 13.4. The Morgan fingerprint density at radius 2 is 1.43 bits per heavy atom. The van der Waals surface area contributed by atoms with E-state index < -0.39 is 0 Å². The molecule has 0 aromatic heterocycles. The van der Waals surface area contributed by atoms with Gasteiger partial charge < -0.3 is 4.74 Å². The van der Waals surface area contributed by atoms with Gasteiger partial charge in [0.05, 0.1) is 12.7 Å². The quantitative estimate of drug-likeness (QED) is 0.482. The van der Waals surface area contributed by atoms with E-state index in [1.54, 1.807) is 0 Å². The fraction of sp³-hybridized carbons (Fsp3) is 0.842. The molecule has 2 rings (SSSR count). The highest BCUT2D eigenvalue weighted by Crippen LogP contribution is 2.36. The van der Waals surface area contributed by atoms with Crippen LogP contribution >= 0.6 is 0 Å². The van der Waals surface area contributed by atoms with Gasteiger partial charge >= 0.3 is 0 Å². The molecule has 0 amide bonds. The smallest absolute Gasteiger partial charge is 0.0655 e. The third kappa shape index (κ3) is 5.83. The lowest BCUT2D eigenvalue weighted by atomic mass is 9.76. The lowest BCUT2D eigenvalue weighted by Gasteiger charge is -2.30. The number of nitrogens with zero attached hydrogens (tertiary/aromatic N) is 1. The number of hydrogen-bond acceptors (Lipinski definition) is 2. The van der Waals surface area contributed by atoms with Gasteiger partial charge in [0, 0.05) is 12.5 Å². The molecule has 2 heteroatoms. The molecular weight excluding hydrogens is 258 g/mol. The van der Waals surface area contributed by atoms with E-state index in [9.17, 15) is 0 Å². The van der Waals surface area contributed by atoms with Gasteiger partial charge in [-0.15, -0.1) is 6.58 Å². The van der Waals surface area contributed by atoms with Crippen LogP contribution in [-0.2, 0) is 4.74 Å². The van der Waals surface area contributed by atoms with Crippen LogP contribution in [0.4, 0.5) is 0 Å². The van der Waals surface area contributed by atoms with Gasteiger partial charge in [0.15, 0.2) is 0 Å². The Morgan fingerprint density at radius 3 is 1.95 bits per heavy atom. The Balaban J connectivity index is 1.55. The van der Waals surface area contributed by atoms with Crippen LogP contribution in [0.15, 0.2) is 12.7 Å². The minimum atomic E-state index is 0.354. The fourth-order valence-electron chi connectivity index (χ4n) is 4.06. The topological polar surface area (TPSA) is 33.0 Å². The highest BCUT2D eigenvalue weighted by molar-refractivity contribution is 4.87. The summed E-state index contributed by atoms with van der Waals surface area (Å²) in [5.41, 5.74) is 0. The normalized spacial score (nSPS) is 33.3. The van der Waals surface area contributed by atoms with Crippen molar-refractivity contribution in [3.63, 3.8) is 0 Å². The van der Waals surface area contributed by atoms with Gasteiger partial charge in [0.25, 0.3) is 0 Å². The molecule has 21 heavy (non-hydrogen) atoms. The first-order valence-electron chi connectivity index (χ1n) is 8.90. The van der Waals surface area contributed by atoms with E-state index in [1.807, 2.05) is 6.08 Å². The number of ether oxygens (including phenoxy) is 1. The number of nitriles is 1. The third-order valence-electron chi connectivity index (χ3n) is 5.57. The van der Waals surface area contributed by atoms with Crippen molar-refractivity contribution in [3.8, 4) is 6.07 Å². The second-order valence-corrected chi connectivity index (χ2v) is 7.14. The molecule has 2 fully saturated rings. The molecule has 0 radical (unpaired) electrons. The Bertz CT molecular complexity index is 330. The van der Waals surface area contributed by atoms with E-state index in [1.165, 1.54) is 51.4 Å². The monoisotopic (exact) mass is 289 g/mol. The maximum absolute atomic E-state index is 8.95. The number of hydrogen-bond donors (Lipinski definition) is 0. The Kier molecular flexibility index (Phi) is 7.30. The summed E-state index contributed by atoms with van der Waals surface area (Å²) in [6, 6.07) is 2.44. The number of rotatable bonds is 7.